The number of carbonyl (C=O) groups excluding carboxylic acids is 1. The maximum Gasteiger partial charge on any atom is 0.416 e. The van der Waals surface area contributed by atoms with Crippen molar-refractivity contribution in [2.75, 3.05) is 13.2 Å². The Hall–Kier alpha value is -1.02. The third kappa shape index (κ3) is 7.59. The average Bonchev–Trinajstić information content (AvgIpc) is 3.00. The standard InChI is InChI=1S/C24H47NO3Si2/c1-19(2)30(20(3)4,21(5)6)28-23(25-16-17-27-24(25)26)15-13-11-12-14-22(7)18-29(8,9)10/h14-15,19-21H,11-13,16-18H2,1-10H3/b22-14+,23-15-. The normalized spacial score (nSPS) is 16.8. The molecule has 0 aromatic carbocycles. The fourth-order valence-electron chi connectivity index (χ4n) is 4.94. The van der Waals surface area contributed by atoms with Gasteiger partial charge in [-0.3, -0.25) is 0 Å². The highest BCUT2D eigenvalue weighted by Gasteiger charge is 2.48. The second kappa shape index (κ2) is 11.6. The molecule has 0 aromatic rings. The van der Waals surface area contributed by atoms with Gasteiger partial charge in [0.25, 0.3) is 8.32 Å². The first-order valence-electron chi connectivity index (χ1n) is 11.8. The number of rotatable bonds is 12. The first-order chi connectivity index (χ1) is 13.8. The van der Waals surface area contributed by atoms with Crippen molar-refractivity contribution in [2.24, 2.45) is 0 Å². The van der Waals surface area contributed by atoms with Gasteiger partial charge in [-0.2, -0.15) is 0 Å². The molecule has 0 radical (unpaired) electrons. The van der Waals surface area contributed by atoms with Crippen LogP contribution >= 0.6 is 0 Å². The summed E-state index contributed by atoms with van der Waals surface area (Å²) in [7, 11) is -3.17. The number of ether oxygens (including phenoxy) is 1. The molecule has 0 saturated carbocycles. The van der Waals surface area contributed by atoms with E-state index in [2.05, 4.69) is 80.3 Å². The van der Waals surface area contributed by atoms with E-state index < -0.39 is 16.4 Å². The highest BCUT2D eigenvalue weighted by Crippen LogP contribution is 2.44. The Morgan fingerprint density at radius 3 is 2.00 bits per heavy atom. The maximum absolute atomic E-state index is 12.3. The summed E-state index contributed by atoms with van der Waals surface area (Å²) in [6.07, 6.45) is 7.32. The van der Waals surface area contributed by atoms with Crippen LogP contribution in [0.5, 0.6) is 0 Å². The Morgan fingerprint density at radius 1 is 1.03 bits per heavy atom. The van der Waals surface area contributed by atoms with Gasteiger partial charge >= 0.3 is 6.09 Å². The summed E-state index contributed by atoms with van der Waals surface area (Å²) in [4.78, 5) is 14.0. The summed E-state index contributed by atoms with van der Waals surface area (Å²) >= 11 is 0. The molecule has 1 saturated heterocycles. The molecule has 0 spiro atoms. The summed E-state index contributed by atoms with van der Waals surface area (Å²) in [6.45, 7) is 24.2. The van der Waals surface area contributed by atoms with Gasteiger partial charge in [-0.25, -0.2) is 9.69 Å². The molecule has 174 valence electrons. The molecule has 0 N–H and O–H groups in total. The predicted octanol–water partition coefficient (Wildman–Crippen LogP) is 7.93. The second-order valence-electron chi connectivity index (χ2n) is 10.9. The van der Waals surface area contributed by atoms with E-state index in [1.807, 2.05) is 0 Å². The monoisotopic (exact) mass is 453 g/mol. The lowest BCUT2D eigenvalue weighted by atomic mass is 10.2. The summed E-state index contributed by atoms with van der Waals surface area (Å²) in [6, 6.07) is 1.27. The molecule has 1 rings (SSSR count). The van der Waals surface area contributed by atoms with E-state index in [0.29, 0.717) is 29.8 Å². The number of amides is 1. The lowest BCUT2D eigenvalue weighted by molar-refractivity contribution is 0.151. The first-order valence-corrected chi connectivity index (χ1v) is 17.6. The number of hydrogen-bond acceptors (Lipinski definition) is 3. The molecule has 6 heteroatoms. The van der Waals surface area contributed by atoms with E-state index in [-0.39, 0.29) is 6.09 Å². The molecule has 1 aliphatic heterocycles. The van der Waals surface area contributed by atoms with Crippen molar-refractivity contribution in [3.8, 4) is 0 Å². The zero-order valence-corrected chi connectivity index (χ0v) is 23.3. The molecule has 1 aliphatic rings. The van der Waals surface area contributed by atoms with E-state index in [1.54, 1.807) is 4.90 Å². The Balaban J connectivity index is 2.96. The number of hydrogen-bond donors (Lipinski definition) is 0. The molecule has 0 aromatic heterocycles. The van der Waals surface area contributed by atoms with Crippen LogP contribution in [-0.2, 0) is 9.16 Å². The van der Waals surface area contributed by atoms with Crippen molar-refractivity contribution in [3.05, 3.63) is 23.6 Å². The van der Waals surface area contributed by atoms with E-state index in [0.717, 1.165) is 25.1 Å². The van der Waals surface area contributed by atoms with Gasteiger partial charge in [0, 0.05) is 8.07 Å². The number of cyclic esters (lactones) is 1. The van der Waals surface area contributed by atoms with Gasteiger partial charge in [0.15, 0.2) is 5.88 Å². The van der Waals surface area contributed by atoms with Crippen LogP contribution in [0.25, 0.3) is 0 Å². The van der Waals surface area contributed by atoms with Crippen LogP contribution in [0.3, 0.4) is 0 Å². The highest BCUT2D eigenvalue weighted by atomic mass is 28.4. The quantitative estimate of drug-likeness (QED) is 0.130. The molecule has 0 atom stereocenters. The number of carbonyl (C=O) groups is 1. The minimum Gasteiger partial charge on any atom is -0.531 e. The Kier molecular flexibility index (Phi) is 10.4. The third-order valence-electron chi connectivity index (χ3n) is 6.04. The molecular formula is C24H47NO3Si2. The summed E-state index contributed by atoms with van der Waals surface area (Å²) in [5.41, 5.74) is 2.91. The predicted molar refractivity (Wildman–Crippen MR) is 134 cm³/mol. The van der Waals surface area contributed by atoms with Crippen molar-refractivity contribution in [1.82, 2.24) is 4.90 Å². The average molecular weight is 454 g/mol. The summed E-state index contributed by atoms with van der Waals surface area (Å²) in [5, 5.41) is 0. The fourth-order valence-corrected chi connectivity index (χ4v) is 12.0. The van der Waals surface area contributed by atoms with E-state index in [9.17, 15) is 4.79 Å². The van der Waals surface area contributed by atoms with Gasteiger partial charge in [0.2, 0.25) is 0 Å². The minimum atomic E-state index is -2.13. The zero-order chi connectivity index (χ0) is 23.1. The maximum atomic E-state index is 12.3. The molecule has 1 fully saturated rings. The van der Waals surface area contributed by atoms with Crippen LogP contribution in [0.1, 0.15) is 67.7 Å². The molecule has 0 aliphatic carbocycles. The third-order valence-corrected chi connectivity index (χ3v) is 13.6. The van der Waals surface area contributed by atoms with Crippen molar-refractivity contribution in [3.63, 3.8) is 0 Å². The molecular weight excluding hydrogens is 406 g/mol. The molecule has 0 unspecified atom stereocenters. The van der Waals surface area contributed by atoms with Crippen LogP contribution in [0.4, 0.5) is 4.79 Å². The zero-order valence-electron chi connectivity index (χ0n) is 21.3. The topological polar surface area (TPSA) is 38.8 Å². The van der Waals surface area contributed by atoms with Crippen molar-refractivity contribution in [1.29, 1.82) is 0 Å². The minimum absolute atomic E-state index is 0.272. The van der Waals surface area contributed by atoms with E-state index in [4.69, 9.17) is 9.16 Å². The molecule has 4 nitrogen and oxygen atoms in total. The molecule has 0 bridgehead atoms. The van der Waals surface area contributed by atoms with Crippen LogP contribution < -0.4 is 0 Å². The van der Waals surface area contributed by atoms with Crippen LogP contribution in [0.15, 0.2) is 23.6 Å². The SMILES string of the molecule is C/C(=C\CCC/C=C(\O[Si](C(C)C)(C(C)C)C(C)C)N1CCOC1=O)C[Si](C)(C)C. The van der Waals surface area contributed by atoms with Crippen LogP contribution in [0, 0.1) is 0 Å². The van der Waals surface area contributed by atoms with Gasteiger partial charge < -0.3 is 9.16 Å². The largest absolute Gasteiger partial charge is 0.531 e. The van der Waals surface area contributed by atoms with Crippen molar-refractivity contribution in [2.45, 2.75) is 110 Å². The van der Waals surface area contributed by atoms with Gasteiger partial charge in [-0.15, -0.1) is 0 Å². The van der Waals surface area contributed by atoms with Crippen molar-refractivity contribution >= 4 is 22.5 Å². The smallest absolute Gasteiger partial charge is 0.416 e. The van der Waals surface area contributed by atoms with E-state index >= 15 is 0 Å². The highest BCUT2D eigenvalue weighted by molar-refractivity contribution is 6.78. The van der Waals surface area contributed by atoms with Crippen LogP contribution in [0.2, 0.25) is 42.3 Å². The van der Waals surface area contributed by atoms with Gasteiger partial charge in [0.05, 0.1) is 6.54 Å². The van der Waals surface area contributed by atoms with E-state index in [1.165, 1.54) is 11.6 Å². The van der Waals surface area contributed by atoms with Gasteiger partial charge in [-0.05, 0) is 54.9 Å². The van der Waals surface area contributed by atoms with Gasteiger partial charge in [0.1, 0.15) is 6.61 Å². The number of allylic oxidation sites excluding steroid dienone is 3. The Bertz CT molecular complexity index is 597. The lowest BCUT2D eigenvalue weighted by Gasteiger charge is -2.43. The number of unbranched alkanes of at least 4 members (excludes halogenated alkanes) is 2. The van der Waals surface area contributed by atoms with Crippen LogP contribution in [-0.4, -0.2) is 40.5 Å². The second-order valence-corrected chi connectivity index (χ2v) is 21.8. The molecule has 1 amide bonds. The fraction of sp³-hybridized carbons (Fsp3) is 0.792. The lowest BCUT2D eigenvalue weighted by Crippen LogP contribution is -2.49. The Labute approximate surface area is 188 Å². The summed E-state index contributed by atoms with van der Waals surface area (Å²) < 4.78 is 12.1. The van der Waals surface area contributed by atoms with Crippen molar-refractivity contribution < 1.29 is 14.0 Å². The van der Waals surface area contributed by atoms with Gasteiger partial charge in [-0.1, -0.05) is 72.8 Å². The molecule has 30 heavy (non-hydrogen) atoms. The Morgan fingerprint density at radius 2 is 1.57 bits per heavy atom. The first kappa shape index (κ1) is 27.0. The molecule has 1 heterocycles. The number of nitrogens with zero attached hydrogens (tertiary/aromatic N) is 1. The summed E-state index contributed by atoms with van der Waals surface area (Å²) in [5.74, 6) is 0.739.